The number of aromatic nitrogens is 1. The fourth-order valence-electron chi connectivity index (χ4n) is 3.74. The van der Waals surface area contributed by atoms with E-state index in [0.717, 1.165) is 39.4 Å². The molecule has 37 heavy (non-hydrogen) atoms. The third-order valence-electron chi connectivity index (χ3n) is 5.79. The number of rotatable bonds is 9. The first-order valence-electron chi connectivity index (χ1n) is 11.7. The fraction of sp³-hybridized carbons (Fsp3) is 0.167. The van der Waals surface area contributed by atoms with Gasteiger partial charge >= 0.3 is 0 Å². The van der Waals surface area contributed by atoms with Gasteiger partial charge in [-0.05, 0) is 67.1 Å². The third kappa shape index (κ3) is 6.49. The number of anilines is 1. The molecular formula is C30H27N3O3S. The second-order valence-corrected chi connectivity index (χ2v) is 9.40. The number of thioether (sulfide) groups is 1. The predicted molar refractivity (Wildman–Crippen MR) is 148 cm³/mol. The summed E-state index contributed by atoms with van der Waals surface area (Å²) in [6, 6.07) is 27.2. The lowest BCUT2D eigenvalue weighted by Crippen LogP contribution is -2.12. The monoisotopic (exact) mass is 509 g/mol. The molecule has 1 heterocycles. The fourth-order valence-corrected chi connectivity index (χ4v) is 4.69. The Kier molecular flexibility index (Phi) is 8.44. The summed E-state index contributed by atoms with van der Waals surface area (Å²) in [5.74, 6) is 1.85. The van der Waals surface area contributed by atoms with Gasteiger partial charge in [0.1, 0.15) is 22.6 Å². The van der Waals surface area contributed by atoms with Crippen LogP contribution in [0.2, 0.25) is 0 Å². The SMILES string of the molecule is COc1ccc(NC(=O)CCSc2nc(-c3ccc(OC)cc3)cc(-c3ccc(C)cc3)c2C#N)cc1. The lowest BCUT2D eigenvalue weighted by Gasteiger charge is -2.13. The van der Waals surface area contributed by atoms with Gasteiger partial charge in [-0.15, -0.1) is 11.8 Å². The zero-order valence-corrected chi connectivity index (χ0v) is 21.8. The maximum absolute atomic E-state index is 12.5. The molecule has 0 radical (unpaired) electrons. The van der Waals surface area contributed by atoms with Crippen LogP contribution in [0.1, 0.15) is 17.5 Å². The number of ether oxygens (including phenoxy) is 2. The number of hydrogen-bond acceptors (Lipinski definition) is 6. The second kappa shape index (κ2) is 12.1. The van der Waals surface area contributed by atoms with Gasteiger partial charge in [0, 0.05) is 29.0 Å². The number of nitrogens with one attached hydrogen (secondary N) is 1. The van der Waals surface area contributed by atoms with Gasteiger partial charge in [0.15, 0.2) is 0 Å². The van der Waals surface area contributed by atoms with Gasteiger partial charge in [0.05, 0.1) is 25.5 Å². The first-order valence-corrected chi connectivity index (χ1v) is 12.7. The van der Waals surface area contributed by atoms with E-state index in [1.807, 2.05) is 61.5 Å². The number of nitriles is 1. The number of amides is 1. The highest BCUT2D eigenvalue weighted by atomic mass is 32.2. The molecule has 4 aromatic rings. The minimum Gasteiger partial charge on any atom is -0.497 e. The predicted octanol–water partition coefficient (Wildman–Crippen LogP) is 6.73. The molecule has 0 saturated heterocycles. The number of benzene rings is 3. The van der Waals surface area contributed by atoms with Crippen LogP contribution in [0.5, 0.6) is 11.5 Å². The van der Waals surface area contributed by atoms with Crippen molar-refractivity contribution in [1.29, 1.82) is 5.26 Å². The summed E-state index contributed by atoms with van der Waals surface area (Å²) in [6.45, 7) is 2.03. The van der Waals surface area contributed by atoms with Gasteiger partial charge < -0.3 is 14.8 Å². The van der Waals surface area contributed by atoms with Crippen molar-refractivity contribution in [2.75, 3.05) is 25.3 Å². The molecule has 1 N–H and O–H groups in total. The average molecular weight is 510 g/mol. The van der Waals surface area contributed by atoms with Crippen LogP contribution in [0, 0.1) is 18.3 Å². The Morgan fingerprint density at radius 1 is 0.919 bits per heavy atom. The van der Waals surface area contributed by atoms with Gasteiger partial charge in [0.25, 0.3) is 0 Å². The van der Waals surface area contributed by atoms with Crippen LogP contribution >= 0.6 is 11.8 Å². The number of hydrogen-bond donors (Lipinski definition) is 1. The van der Waals surface area contributed by atoms with Crippen molar-refractivity contribution >= 4 is 23.4 Å². The van der Waals surface area contributed by atoms with E-state index >= 15 is 0 Å². The Labute approximate surface area is 221 Å². The van der Waals surface area contributed by atoms with Crippen molar-refractivity contribution in [3.8, 4) is 40.0 Å². The number of pyridine rings is 1. The Hall–Kier alpha value is -4.28. The molecule has 0 bridgehead atoms. The Morgan fingerprint density at radius 2 is 1.51 bits per heavy atom. The average Bonchev–Trinajstić information content (AvgIpc) is 2.93. The molecule has 6 nitrogen and oxygen atoms in total. The highest BCUT2D eigenvalue weighted by molar-refractivity contribution is 7.99. The molecule has 1 amide bonds. The Morgan fingerprint density at radius 3 is 2.11 bits per heavy atom. The molecule has 0 fully saturated rings. The molecule has 4 rings (SSSR count). The van der Waals surface area contributed by atoms with Crippen LogP contribution in [-0.2, 0) is 4.79 Å². The molecule has 0 saturated carbocycles. The largest absolute Gasteiger partial charge is 0.497 e. The summed E-state index contributed by atoms with van der Waals surface area (Å²) in [5, 5.41) is 13.6. The quantitative estimate of drug-likeness (QED) is 0.252. The van der Waals surface area contributed by atoms with Crippen molar-refractivity contribution in [1.82, 2.24) is 4.98 Å². The molecule has 0 aliphatic carbocycles. The van der Waals surface area contributed by atoms with Crippen LogP contribution in [0.25, 0.3) is 22.4 Å². The van der Waals surface area contributed by atoms with Crippen LogP contribution in [-0.4, -0.2) is 30.9 Å². The van der Waals surface area contributed by atoms with Crippen molar-refractivity contribution in [3.63, 3.8) is 0 Å². The zero-order valence-electron chi connectivity index (χ0n) is 20.9. The first-order chi connectivity index (χ1) is 18.0. The van der Waals surface area contributed by atoms with E-state index in [4.69, 9.17) is 14.5 Å². The number of carbonyl (C=O) groups is 1. The normalized spacial score (nSPS) is 10.4. The maximum Gasteiger partial charge on any atom is 0.225 e. The number of aryl methyl sites for hydroxylation is 1. The standard InChI is InChI=1S/C30H27N3O3S/c1-20-4-6-21(7-5-20)26-18-28(22-8-12-24(35-2)13-9-22)33-30(27(26)19-31)37-17-16-29(34)32-23-10-14-25(36-3)15-11-23/h4-15,18H,16-17H2,1-3H3,(H,32,34). The molecule has 186 valence electrons. The number of nitrogens with zero attached hydrogens (tertiary/aromatic N) is 2. The van der Waals surface area contributed by atoms with Gasteiger partial charge in [-0.25, -0.2) is 4.98 Å². The molecule has 0 aliphatic rings. The van der Waals surface area contributed by atoms with E-state index in [2.05, 4.69) is 11.4 Å². The lowest BCUT2D eigenvalue weighted by atomic mass is 9.98. The van der Waals surface area contributed by atoms with E-state index in [0.29, 0.717) is 22.0 Å². The lowest BCUT2D eigenvalue weighted by molar-refractivity contribution is -0.115. The molecule has 0 spiro atoms. The second-order valence-electron chi connectivity index (χ2n) is 8.32. The van der Waals surface area contributed by atoms with Crippen LogP contribution in [0.4, 0.5) is 5.69 Å². The van der Waals surface area contributed by atoms with Gasteiger partial charge in [-0.1, -0.05) is 29.8 Å². The van der Waals surface area contributed by atoms with E-state index in [-0.39, 0.29) is 12.3 Å². The molecule has 0 atom stereocenters. The third-order valence-corrected chi connectivity index (χ3v) is 6.77. The highest BCUT2D eigenvalue weighted by Crippen LogP contribution is 2.35. The number of carbonyl (C=O) groups excluding carboxylic acids is 1. The highest BCUT2D eigenvalue weighted by Gasteiger charge is 2.16. The minimum absolute atomic E-state index is 0.110. The minimum atomic E-state index is -0.110. The van der Waals surface area contributed by atoms with Crippen molar-refractivity contribution < 1.29 is 14.3 Å². The van der Waals surface area contributed by atoms with E-state index in [1.165, 1.54) is 11.8 Å². The first kappa shape index (κ1) is 25.8. The topological polar surface area (TPSA) is 84.2 Å². The molecule has 3 aromatic carbocycles. The number of methoxy groups -OCH3 is 2. The smallest absolute Gasteiger partial charge is 0.225 e. The van der Waals surface area contributed by atoms with Crippen molar-refractivity contribution in [2.24, 2.45) is 0 Å². The van der Waals surface area contributed by atoms with E-state index in [1.54, 1.807) is 38.5 Å². The molecule has 1 aromatic heterocycles. The van der Waals surface area contributed by atoms with Gasteiger partial charge in [0.2, 0.25) is 5.91 Å². The molecule has 7 heteroatoms. The van der Waals surface area contributed by atoms with Gasteiger partial charge in [-0.2, -0.15) is 5.26 Å². The Bertz CT molecular complexity index is 1410. The summed E-state index contributed by atoms with van der Waals surface area (Å²) in [6.07, 6.45) is 0.274. The van der Waals surface area contributed by atoms with Crippen LogP contribution in [0.3, 0.4) is 0 Å². The van der Waals surface area contributed by atoms with Crippen molar-refractivity contribution in [2.45, 2.75) is 18.4 Å². The maximum atomic E-state index is 12.5. The van der Waals surface area contributed by atoms with E-state index in [9.17, 15) is 10.1 Å². The molecule has 0 unspecified atom stereocenters. The van der Waals surface area contributed by atoms with Crippen LogP contribution in [0.15, 0.2) is 83.9 Å². The summed E-state index contributed by atoms with van der Waals surface area (Å²) >= 11 is 1.41. The van der Waals surface area contributed by atoms with Crippen molar-refractivity contribution in [3.05, 3.63) is 90.0 Å². The summed E-state index contributed by atoms with van der Waals surface area (Å²) in [7, 11) is 3.23. The van der Waals surface area contributed by atoms with Crippen LogP contribution < -0.4 is 14.8 Å². The van der Waals surface area contributed by atoms with E-state index < -0.39 is 0 Å². The zero-order chi connectivity index (χ0) is 26.2. The molecule has 0 aliphatic heterocycles. The summed E-state index contributed by atoms with van der Waals surface area (Å²) in [5.41, 5.74) is 5.77. The molecular weight excluding hydrogens is 482 g/mol. The van der Waals surface area contributed by atoms with Gasteiger partial charge in [-0.3, -0.25) is 4.79 Å². The summed E-state index contributed by atoms with van der Waals surface area (Å²) < 4.78 is 10.4. The Balaban J connectivity index is 1.59. The summed E-state index contributed by atoms with van der Waals surface area (Å²) in [4.78, 5) is 17.4.